The first kappa shape index (κ1) is 18.6. The predicted octanol–water partition coefficient (Wildman–Crippen LogP) is 1.86. The second-order valence-electron chi connectivity index (χ2n) is 6.12. The fourth-order valence-electron chi connectivity index (χ4n) is 3.12. The lowest BCUT2D eigenvalue weighted by Gasteiger charge is -2.24. The third kappa shape index (κ3) is 3.54. The molecule has 1 aliphatic rings. The minimum Gasteiger partial charge on any atom is -0.507 e. The largest absolute Gasteiger partial charge is 0.507 e. The van der Waals surface area contributed by atoms with E-state index in [0.717, 1.165) is 0 Å². The molecule has 1 unspecified atom stereocenters. The second-order valence-corrected chi connectivity index (χ2v) is 6.12. The maximum atomic E-state index is 12.7. The number of likely N-dealkylation sites (tertiary alicyclic amines) is 1. The minimum atomic E-state index is -0.750. The number of benzene rings is 1. The molecule has 0 bridgehead atoms. The second kappa shape index (κ2) is 8.01. The van der Waals surface area contributed by atoms with E-state index in [2.05, 4.69) is 4.98 Å². The predicted molar refractivity (Wildman–Crippen MR) is 99.9 cm³/mol. The van der Waals surface area contributed by atoms with Crippen molar-refractivity contribution in [2.75, 3.05) is 20.2 Å². The van der Waals surface area contributed by atoms with Crippen molar-refractivity contribution in [2.45, 2.75) is 12.5 Å². The molecule has 0 aliphatic carbocycles. The fourth-order valence-corrected chi connectivity index (χ4v) is 3.12. The van der Waals surface area contributed by atoms with Gasteiger partial charge in [0, 0.05) is 18.3 Å². The van der Waals surface area contributed by atoms with E-state index in [-0.39, 0.29) is 11.3 Å². The number of ether oxygens (including phenoxy) is 1. The Kier molecular flexibility index (Phi) is 5.52. The van der Waals surface area contributed by atoms with Gasteiger partial charge in [0.05, 0.1) is 18.4 Å². The highest BCUT2D eigenvalue weighted by Gasteiger charge is 2.46. The molecule has 3 rings (SSSR count). The van der Waals surface area contributed by atoms with Crippen LogP contribution in [0.2, 0.25) is 0 Å². The van der Waals surface area contributed by atoms with Gasteiger partial charge in [-0.15, -0.1) is 0 Å². The number of methoxy groups -OCH3 is 1. The Labute approximate surface area is 157 Å². The van der Waals surface area contributed by atoms with Crippen LogP contribution in [0.5, 0.6) is 5.75 Å². The molecular weight excluding hydrogens is 346 g/mol. The van der Waals surface area contributed by atoms with Crippen LogP contribution >= 0.6 is 0 Å². The average Bonchev–Trinajstić information content (AvgIpc) is 2.97. The zero-order valence-electron chi connectivity index (χ0n) is 15.0. The molecule has 1 aromatic heterocycles. The molecule has 140 valence electrons. The van der Waals surface area contributed by atoms with Crippen molar-refractivity contribution in [3.8, 4) is 5.75 Å². The number of pyridine rings is 1. The Morgan fingerprint density at radius 3 is 2.56 bits per heavy atom. The number of amides is 1. The van der Waals surface area contributed by atoms with Gasteiger partial charge in [-0.05, 0) is 49.4 Å². The molecule has 7 heteroatoms. The normalized spacial score (nSPS) is 18.7. The number of rotatable bonds is 6. The number of hydrogen-bond donors (Lipinski definition) is 2. The Bertz CT molecular complexity index is 863. The van der Waals surface area contributed by atoms with Crippen LogP contribution < -0.4 is 10.5 Å². The Balaban J connectivity index is 2.11. The smallest absolute Gasteiger partial charge is 0.295 e. The van der Waals surface area contributed by atoms with E-state index in [0.29, 0.717) is 36.5 Å². The molecule has 2 heterocycles. The molecule has 2 aromatic rings. The SMILES string of the molecule is COc1ccc(/C(O)=C2\C(=O)C(=O)N(CCCN)C2c2ccccn2)cc1. The van der Waals surface area contributed by atoms with Crippen LogP contribution in [0.1, 0.15) is 23.7 Å². The van der Waals surface area contributed by atoms with Crippen LogP contribution in [0.15, 0.2) is 54.2 Å². The van der Waals surface area contributed by atoms with Gasteiger partial charge in [-0.2, -0.15) is 0 Å². The van der Waals surface area contributed by atoms with Crippen LogP contribution in [-0.2, 0) is 9.59 Å². The lowest BCUT2D eigenvalue weighted by Crippen LogP contribution is -2.32. The molecule has 1 aromatic carbocycles. The monoisotopic (exact) mass is 367 g/mol. The summed E-state index contributed by atoms with van der Waals surface area (Å²) < 4.78 is 5.12. The van der Waals surface area contributed by atoms with Crippen LogP contribution in [0.25, 0.3) is 5.76 Å². The highest BCUT2D eigenvalue weighted by atomic mass is 16.5. The molecule has 1 atom stereocenters. The molecule has 1 saturated heterocycles. The standard InChI is InChI=1S/C20H21N3O4/c1-27-14-8-6-13(7-9-14)18(24)16-17(15-5-2-3-11-22-15)23(12-4-10-21)20(26)19(16)25/h2-3,5-9,11,17,24H,4,10,12,21H2,1H3/b18-16+. The van der Waals surface area contributed by atoms with Gasteiger partial charge in [0.25, 0.3) is 11.7 Å². The summed E-state index contributed by atoms with van der Waals surface area (Å²) >= 11 is 0. The summed E-state index contributed by atoms with van der Waals surface area (Å²) in [6, 6.07) is 11.1. The number of aliphatic hydroxyl groups excluding tert-OH is 1. The first-order chi connectivity index (χ1) is 13.1. The van der Waals surface area contributed by atoms with Crippen LogP contribution in [0.4, 0.5) is 0 Å². The Morgan fingerprint density at radius 2 is 1.96 bits per heavy atom. The lowest BCUT2D eigenvalue weighted by atomic mass is 9.98. The van der Waals surface area contributed by atoms with E-state index in [9.17, 15) is 14.7 Å². The average molecular weight is 367 g/mol. The van der Waals surface area contributed by atoms with E-state index >= 15 is 0 Å². The van der Waals surface area contributed by atoms with Gasteiger partial charge in [0.1, 0.15) is 17.6 Å². The quantitative estimate of drug-likeness (QED) is 0.459. The van der Waals surface area contributed by atoms with Gasteiger partial charge in [-0.25, -0.2) is 0 Å². The maximum Gasteiger partial charge on any atom is 0.295 e. The Hall–Kier alpha value is -3.19. The van der Waals surface area contributed by atoms with Crippen molar-refractivity contribution in [3.63, 3.8) is 0 Å². The van der Waals surface area contributed by atoms with Crippen molar-refractivity contribution in [1.29, 1.82) is 0 Å². The lowest BCUT2D eigenvalue weighted by molar-refractivity contribution is -0.139. The summed E-state index contributed by atoms with van der Waals surface area (Å²) in [6.07, 6.45) is 2.13. The number of aliphatic hydroxyl groups is 1. The molecule has 3 N–H and O–H groups in total. The number of aromatic nitrogens is 1. The number of carbonyl (C=O) groups excluding carboxylic acids is 2. The first-order valence-corrected chi connectivity index (χ1v) is 8.62. The number of nitrogens with two attached hydrogens (primary N) is 1. The first-order valence-electron chi connectivity index (χ1n) is 8.62. The van der Waals surface area contributed by atoms with Crippen molar-refractivity contribution < 1.29 is 19.4 Å². The number of Topliss-reactive ketones (excluding diaryl/α,β-unsaturated/α-hetero) is 1. The van der Waals surface area contributed by atoms with E-state index in [4.69, 9.17) is 10.5 Å². The number of hydrogen-bond acceptors (Lipinski definition) is 6. The maximum absolute atomic E-state index is 12.7. The summed E-state index contributed by atoms with van der Waals surface area (Å²) in [7, 11) is 1.54. The molecule has 0 saturated carbocycles. The molecular formula is C20H21N3O4. The zero-order valence-corrected chi connectivity index (χ0v) is 15.0. The zero-order chi connectivity index (χ0) is 19.4. The molecule has 1 fully saturated rings. The van der Waals surface area contributed by atoms with Gasteiger partial charge in [0.2, 0.25) is 0 Å². The van der Waals surface area contributed by atoms with Crippen molar-refractivity contribution in [1.82, 2.24) is 9.88 Å². The topological polar surface area (TPSA) is 106 Å². The molecule has 1 aliphatic heterocycles. The van der Waals surface area contributed by atoms with Gasteiger partial charge >= 0.3 is 0 Å². The molecule has 7 nitrogen and oxygen atoms in total. The molecule has 1 amide bonds. The van der Waals surface area contributed by atoms with Crippen molar-refractivity contribution in [3.05, 3.63) is 65.5 Å². The number of ketones is 1. The van der Waals surface area contributed by atoms with Crippen molar-refractivity contribution in [2.24, 2.45) is 5.73 Å². The Morgan fingerprint density at radius 1 is 1.22 bits per heavy atom. The van der Waals surface area contributed by atoms with E-state index in [1.807, 2.05) is 0 Å². The highest BCUT2D eigenvalue weighted by molar-refractivity contribution is 6.46. The van der Waals surface area contributed by atoms with Gasteiger partial charge in [-0.1, -0.05) is 6.07 Å². The van der Waals surface area contributed by atoms with E-state index in [1.54, 1.807) is 55.8 Å². The minimum absolute atomic E-state index is 0.0286. The molecule has 27 heavy (non-hydrogen) atoms. The molecule has 0 spiro atoms. The van der Waals surface area contributed by atoms with Crippen LogP contribution in [0, 0.1) is 0 Å². The van der Waals surface area contributed by atoms with Gasteiger partial charge < -0.3 is 20.5 Å². The van der Waals surface area contributed by atoms with Gasteiger partial charge in [-0.3, -0.25) is 14.6 Å². The summed E-state index contributed by atoms with van der Waals surface area (Å²) in [5.74, 6) is -0.997. The third-order valence-electron chi connectivity index (χ3n) is 4.47. The van der Waals surface area contributed by atoms with E-state index < -0.39 is 17.7 Å². The number of nitrogens with zero attached hydrogens (tertiary/aromatic N) is 2. The summed E-state index contributed by atoms with van der Waals surface area (Å²) in [4.78, 5) is 31.0. The molecule has 0 radical (unpaired) electrons. The summed E-state index contributed by atoms with van der Waals surface area (Å²) in [5, 5.41) is 10.8. The van der Waals surface area contributed by atoms with E-state index in [1.165, 1.54) is 4.90 Å². The third-order valence-corrected chi connectivity index (χ3v) is 4.47. The van der Waals surface area contributed by atoms with Gasteiger partial charge in [0.15, 0.2) is 0 Å². The highest BCUT2D eigenvalue weighted by Crippen LogP contribution is 2.38. The van der Waals surface area contributed by atoms with Crippen LogP contribution in [-0.4, -0.2) is 46.9 Å². The summed E-state index contributed by atoms with van der Waals surface area (Å²) in [6.45, 7) is 0.693. The summed E-state index contributed by atoms with van der Waals surface area (Å²) in [5.41, 5.74) is 6.54. The van der Waals surface area contributed by atoms with Crippen LogP contribution in [0.3, 0.4) is 0 Å². The number of carbonyl (C=O) groups is 2. The van der Waals surface area contributed by atoms with Crippen molar-refractivity contribution >= 4 is 17.4 Å². The fraction of sp³-hybridized carbons (Fsp3) is 0.250.